The van der Waals surface area contributed by atoms with Crippen LogP contribution in [0.1, 0.15) is 0 Å². The number of nitrogens with zero attached hydrogens (tertiary/aromatic N) is 1. The number of benzene rings is 1. The van der Waals surface area contributed by atoms with E-state index >= 15 is 0 Å². The van der Waals surface area contributed by atoms with Gasteiger partial charge in [0.1, 0.15) is 0 Å². The molecule has 4 nitrogen and oxygen atoms in total. The fraction of sp³-hybridized carbons (Fsp3) is 0. The summed E-state index contributed by atoms with van der Waals surface area (Å²) in [5.74, 6) is 5.17. The highest BCUT2D eigenvalue weighted by Gasteiger charge is 2.00. The molecular weight excluding hydrogens is 200 g/mol. The van der Waals surface area contributed by atoms with Crippen LogP contribution < -0.4 is 16.8 Å². The standard InChI is InChI=1S/C9H9ClN4/c10-6-1-2-7-8(13-14-11)3-4-12-9(7)5-6/h1-5,14H,11H2,(H,12,13). The van der Waals surface area contributed by atoms with Crippen LogP contribution >= 0.6 is 11.6 Å². The monoisotopic (exact) mass is 208 g/mol. The van der Waals surface area contributed by atoms with E-state index in [2.05, 4.69) is 15.9 Å². The van der Waals surface area contributed by atoms with E-state index in [0.29, 0.717) is 5.02 Å². The Morgan fingerprint density at radius 3 is 2.93 bits per heavy atom. The lowest BCUT2D eigenvalue weighted by Crippen LogP contribution is -2.28. The molecule has 0 atom stereocenters. The molecule has 0 saturated carbocycles. The number of nitrogens with one attached hydrogen (secondary N) is 2. The number of pyridine rings is 1. The maximum Gasteiger partial charge on any atom is 0.0738 e. The van der Waals surface area contributed by atoms with Crippen LogP contribution in [0.3, 0.4) is 0 Å². The Morgan fingerprint density at radius 1 is 1.29 bits per heavy atom. The second-order valence-electron chi connectivity index (χ2n) is 2.79. The van der Waals surface area contributed by atoms with E-state index < -0.39 is 0 Å². The molecule has 0 aliphatic carbocycles. The summed E-state index contributed by atoms with van der Waals surface area (Å²) in [5.41, 5.74) is 6.90. The first kappa shape index (κ1) is 9.21. The average Bonchev–Trinajstić information content (AvgIpc) is 2.18. The number of hydrogen-bond donors (Lipinski definition) is 3. The van der Waals surface area contributed by atoms with Crippen molar-refractivity contribution in [2.24, 2.45) is 5.84 Å². The molecule has 1 heterocycles. The Morgan fingerprint density at radius 2 is 2.14 bits per heavy atom. The third-order valence-electron chi connectivity index (χ3n) is 1.91. The molecule has 2 rings (SSSR count). The fourth-order valence-corrected chi connectivity index (χ4v) is 1.47. The van der Waals surface area contributed by atoms with Crippen LogP contribution in [0, 0.1) is 0 Å². The van der Waals surface area contributed by atoms with Gasteiger partial charge in [-0.15, -0.1) is 0 Å². The molecule has 0 radical (unpaired) electrons. The molecule has 0 amide bonds. The van der Waals surface area contributed by atoms with Gasteiger partial charge in [-0.1, -0.05) is 11.6 Å². The van der Waals surface area contributed by atoms with Gasteiger partial charge in [0.2, 0.25) is 0 Å². The highest BCUT2D eigenvalue weighted by molar-refractivity contribution is 6.31. The van der Waals surface area contributed by atoms with E-state index in [-0.39, 0.29) is 0 Å². The molecule has 4 N–H and O–H groups in total. The van der Waals surface area contributed by atoms with Gasteiger partial charge in [-0.25, -0.2) is 0 Å². The minimum absolute atomic E-state index is 0.669. The minimum Gasteiger partial charge on any atom is -0.308 e. The first-order chi connectivity index (χ1) is 6.81. The largest absolute Gasteiger partial charge is 0.308 e. The number of rotatable bonds is 2. The third-order valence-corrected chi connectivity index (χ3v) is 2.15. The molecular formula is C9H9ClN4. The molecule has 0 aliphatic heterocycles. The Balaban J connectivity index is 2.62. The van der Waals surface area contributed by atoms with E-state index in [1.807, 2.05) is 18.2 Å². The van der Waals surface area contributed by atoms with Crippen molar-refractivity contribution in [3.8, 4) is 0 Å². The van der Waals surface area contributed by atoms with Gasteiger partial charge in [-0.05, 0) is 24.3 Å². The summed E-state index contributed by atoms with van der Waals surface area (Å²) in [6, 6.07) is 7.34. The van der Waals surface area contributed by atoms with Crippen molar-refractivity contribution in [3.63, 3.8) is 0 Å². The summed E-state index contributed by atoms with van der Waals surface area (Å²) in [6.45, 7) is 0. The highest BCUT2D eigenvalue weighted by Crippen LogP contribution is 2.23. The average molecular weight is 209 g/mol. The minimum atomic E-state index is 0.669. The van der Waals surface area contributed by atoms with Gasteiger partial charge in [-0.2, -0.15) is 5.53 Å². The summed E-state index contributed by atoms with van der Waals surface area (Å²) in [7, 11) is 0. The molecule has 0 bridgehead atoms. The van der Waals surface area contributed by atoms with E-state index in [1.165, 1.54) is 0 Å². The molecule has 2 aromatic rings. The molecule has 0 aliphatic rings. The van der Waals surface area contributed by atoms with Crippen molar-refractivity contribution in [1.29, 1.82) is 0 Å². The van der Waals surface area contributed by atoms with Crippen molar-refractivity contribution in [3.05, 3.63) is 35.5 Å². The van der Waals surface area contributed by atoms with Crippen molar-refractivity contribution in [2.75, 3.05) is 5.43 Å². The second kappa shape index (κ2) is 3.79. The smallest absolute Gasteiger partial charge is 0.0738 e. The van der Waals surface area contributed by atoms with E-state index in [9.17, 15) is 0 Å². The molecule has 14 heavy (non-hydrogen) atoms. The van der Waals surface area contributed by atoms with Crippen LogP contribution in [0.2, 0.25) is 5.02 Å². The zero-order valence-electron chi connectivity index (χ0n) is 7.29. The number of hydrogen-bond acceptors (Lipinski definition) is 4. The predicted molar refractivity (Wildman–Crippen MR) is 57.7 cm³/mol. The number of halogens is 1. The van der Waals surface area contributed by atoms with E-state index in [0.717, 1.165) is 16.6 Å². The Labute approximate surface area is 86.0 Å². The number of anilines is 1. The van der Waals surface area contributed by atoms with Crippen molar-refractivity contribution >= 4 is 28.2 Å². The van der Waals surface area contributed by atoms with Crippen LogP contribution in [0.5, 0.6) is 0 Å². The maximum atomic E-state index is 5.85. The van der Waals surface area contributed by atoms with Crippen LogP contribution in [-0.2, 0) is 0 Å². The van der Waals surface area contributed by atoms with Crippen molar-refractivity contribution in [2.45, 2.75) is 0 Å². The van der Waals surface area contributed by atoms with Crippen molar-refractivity contribution < 1.29 is 0 Å². The lowest BCUT2D eigenvalue weighted by molar-refractivity contribution is 0.878. The van der Waals surface area contributed by atoms with Crippen molar-refractivity contribution in [1.82, 2.24) is 10.5 Å². The normalized spacial score (nSPS) is 10.4. The molecule has 0 saturated heterocycles. The van der Waals surface area contributed by atoms with Crippen LogP contribution in [0.4, 0.5) is 5.69 Å². The lowest BCUT2D eigenvalue weighted by Gasteiger charge is -2.07. The lowest BCUT2D eigenvalue weighted by atomic mass is 10.2. The highest BCUT2D eigenvalue weighted by atomic mass is 35.5. The molecule has 0 unspecified atom stereocenters. The second-order valence-corrected chi connectivity index (χ2v) is 3.23. The van der Waals surface area contributed by atoms with Gasteiger partial charge in [0.05, 0.1) is 11.2 Å². The quantitative estimate of drug-likeness (QED) is 0.519. The molecule has 1 aromatic heterocycles. The summed E-state index contributed by atoms with van der Waals surface area (Å²) >= 11 is 5.85. The summed E-state index contributed by atoms with van der Waals surface area (Å²) < 4.78 is 0. The number of nitrogens with two attached hydrogens (primary N) is 1. The molecule has 1 aromatic carbocycles. The Kier molecular flexibility index (Phi) is 2.49. The molecule has 0 spiro atoms. The van der Waals surface area contributed by atoms with E-state index in [4.69, 9.17) is 17.4 Å². The first-order valence-corrected chi connectivity index (χ1v) is 4.45. The first-order valence-electron chi connectivity index (χ1n) is 4.07. The van der Waals surface area contributed by atoms with Gasteiger partial charge in [0, 0.05) is 16.6 Å². The predicted octanol–water partition coefficient (Wildman–Crippen LogP) is 1.68. The van der Waals surface area contributed by atoms with Gasteiger partial charge in [-0.3, -0.25) is 10.8 Å². The fourth-order valence-electron chi connectivity index (χ4n) is 1.31. The maximum absolute atomic E-state index is 5.85. The third kappa shape index (κ3) is 1.63. The van der Waals surface area contributed by atoms with Gasteiger partial charge in [0.15, 0.2) is 0 Å². The zero-order chi connectivity index (χ0) is 9.97. The van der Waals surface area contributed by atoms with E-state index in [1.54, 1.807) is 12.3 Å². The van der Waals surface area contributed by atoms with Crippen LogP contribution in [0.25, 0.3) is 10.9 Å². The summed E-state index contributed by atoms with van der Waals surface area (Å²) in [4.78, 5) is 4.19. The molecule has 5 heteroatoms. The molecule has 0 fully saturated rings. The number of fused-ring (bicyclic) bond motifs is 1. The molecule has 72 valence electrons. The SMILES string of the molecule is NNNc1ccnc2cc(Cl)ccc12. The Bertz CT molecular complexity index is 458. The zero-order valence-corrected chi connectivity index (χ0v) is 8.05. The van der Waals surface area contributed by atoms with Gasteiger partial charge < -0.3 is 5.43 Å². The number of hydrazine groups is 2. The summed E-state index contributed by atoms with van der Waals surface area (Å²) in [5, 5.41) is 1.64. The van der Waals surface area contributed by atoms with Gasteiger partial charge in [0.25, 0.3) is 0 Å². The van der Waals surface area contributed by atoms with Crippen LogP contribution in [0.15, 0.2) is 30.5 Å². The Hall–Kier alpha value is -1.36. The summed E-state index contributed by atoms with van der Waals surface area (Å²) in [6.07, 6.45) is 1.69. The number of aromatic nitrogens is 1. The van der Waals surface area contributed by atoms with Crippen LogP contribution in [-0.4, -0.2) is 4.98 Å². The van der Waals surface area contributed by atoms with Gasteiger partial charge >= 0.3 is 0 Å². The topological polar surface area (TPSA) is 63.0 Å².